The highest BCUT2D eigenvalue weighted by Crippen LogP contribution is 2.37. The topological polar surface area (TPSA) is 121 Å². The van der Waals surface area contributed by atoms with Crippen LogP contribution in [0.5, 0.6) is 11.5 Å². The zero-order chi connectivity index (χ0) is 26.1. The summed E-state index contributed by atoms with van der Waals surface area (Å²) >= 11 is 12.6. The van der Waals surface area contributed by atoms with Gasteiger partial charge in [-0.25, -0.2) is 19.3 Å². The quantitative estimate of drug-likeness (QED) is 0.308. The van der Waals surface area contributed by atoms with Crippen molar-refractivity contribution in [2.75, 3.05) is 20.1 Å². The van der Waals surface area contributed by atoms with E-state index in [1.165, 1.54) is 15.6 Å². The Hall–Kier alpha value is -3.95. The Balaban J connectivity index is 0.00000336. The number of halogens is 3. The number of fused-ring (bicyclic) bond motifs is 2. The number of rotatable bonds is 6. The summed E-state index contributed by atoms with van der Waals surface area (Å²) < 4.78 is 8.89. The van der Waals surface area contributed by atoms with Gasteiger partial charge in [-0.05, 0) is 42.5 Å². The maximum Gasteiger partial charge on any atom is 0.346 e. The maximum absolute atomic E-state index is 12.9. The number of hydrogen-bond acceptors (Lipinski definition) is 7. The van der Waals surface area contributed by atoms with Crippen LogP contribution in [0.3, 0.4) is 0 Å². The van der Waals surface area contributed by atoms with E-state index in [-0.39, 0.29) is 30.7 Å². The fourth-order valence-corrected chi connectivity index (χ4v) is 4.26. The van der Waals surface area contributed by atoms with Gasteiger partial charge in [-0.3, -0.25) is 0 Å². The molecule has 14 heteroatoms. The fraction of sp³-hybridized carbons (Fsp3) is 0.167. The molecular formula is C24H19Cl3N9O2-. The second-order valence-corrected chi connectivity index (χ2v) is 8.92. The Labute approximate surface area is 232 Å². The molecule has 0 unspecified atom stereocenters. The first-order chi connectivity index (χ1) is 17.9. The molecule has 11 nitrogen and oxygen atoms in total. The summed E-state index contributed by atoms with van der Waals surface area (Å²) in [6.45, 7) is 8.16. The van der Waals surface area contributed by atoms with Crippen molar-refractivity contribution in [3.8, 4) is 11.5 Å². The van der Waals surface area contributed by atoms with Gasteiger partial charge in [0.1, 0.15) is 5.75 Å². The number of pyridine rings is 1. The third kappa shape index (κ3) is 5.07. The molecule has 5 rings (SSSR count). The first-order valence-electron chi connectivity index (χ1n) is 11.1. The summed E-state index contributed by atoms with van der Waals surface area (Å²) in [6, 6.07) is 11.4. The van der Waals surface area contributed by atoms with E-state index in [9.17, 15) is 4.79 Å². The molecule has 0 spiro atoms. The summed E-state index contributed by atoms with van der Waals surface area (Å²) in [7, 11) is 1.66. The minimum atomic E-state index is -0.341. The minimum absolute atomic E-state index is 0. The SMILES string of the molecule is [C-]#[N+]c1cc(Cl)cc(Oc2c(Cl)ccc3c2nnn3Cc2nn(C(=O)N(C)CCN)c3ncccc23)c1.[Cl-]. The average molecular weight is 572 g/mol. The number of hydrogen-bond donors (Lipinski definition) is 1. The summed E-state index contributed by atoms with van der Waals surface area (Å²) in [6.07, 6.45) is 1.60. The maximum atomic E-state index is 12.9. The zero-order valence-electron chi connectivity index (χ0n) is 19.8. The van der Waals surface area contributed by atoms with E-state index < -0.39 is 0 Å². The Bertz CT molecular complexity index is 1690. The molecular weight excluding hydrogens is 553 g/mol. The standard InChI is InChI=1S/C24H19Cl2N9O2.ClH/c1-28-15-10-14(25)11-16(12-15)37-22-18(26)5-6-20-21(22)30-32-34(20)13-19-17-4-3-8-29-23(17)35(31-19)24(36)33(2)9-7-27;/h3-6,8,10-12H,7,9,13,27H2,2H3;1H/p-1. The van der Waals surface area contributed by atoms with Crippen molar-refractivity contribution in [3.63, 3.8) is 0 Å². The van der Waals surface area contributed by atoms with E-state index in [2.05, 4.69) is 25.2 Å². The molecule has 0 aliphatic rings. The molecule has 0 saturated carbocycles. The van der Waals surface area contributed by atoms with E-state index in [1.54, 1.807) is 48.3 Å². The molecule has 0 aliphatic carbocycles. The smallest absolute Gasteiger partial charge is 0.346 e. The zero-order valence-corrected chi connectivity index (χ0v) is 22.1. The average Bonchev–Trinajstić information content (AvgIpc) is 3.47. The number of benzene rings is 2. The van der Waals surface area contributed by atoms with Crippen LogP contribution in [0.15, 0.2) is 48.7 Å². The summed E-state index contributed by atoms with van der Waals surface area (Å²) in [5.74, 6) is 0.623. The van der Waals surface area contributed by atoms with Crippen molar-refractivity contribution in [3.05, 3.63) is 75.8 Å². The predicted molar refractivity (Wildman–Crippen MR) is 139 cm³/mol. The van der Waals surface area contributed by atoms with Crippen molar-refractivity contribution in [2.24, 2.45) is 5.73 Å². The molecule has 0 fully saturated rings. The number of aromatic nitrogens is 6. The number of ether oxygens (including phenoxy) is 1. The molecule has 194 valence electrons. The monoisotopic (exact) mass is 570 g/mol. The molecule has 1 amide bonds. The van der Waals surface area contributed by atoms with Crippen LogP contribution in [0.4, 0.5) is 10.5 Å². The third-order valence-electron chi connectivity index (χ3n) is 5.59. The number of carbonyl (C=O) groups excluding carboxylic acids is 1. The summed E-state index contributed by atoms with van der Waals surface area (Å²) in [4.78, 5) is 22.2. The van der Waals surface area contributed by atoms with Gasteiger partial charge in [-0.2, -0.15) is 9.78 Å². The number of nitrogens with zero attached hydrogens (tertiary/aromatic N) is 8. The second-order valence-electron chi connectivity index (χ2n) is 8.08. The predicted octanol–water partition coefficient (Wildman–Crippen LogP) is 1.74. The lowest BCUT2D eigenvalue weighted by Gasteiger charge is -2.15. The van der Waals surface area contributed by atoms with Gasteiger partial charge in [0, 0.05) is 36.7 Å². The van der Waals surface area contributed by atoms with E-state index in [1.807, 2.05) is 6.07 Å². The van der Waals surface area contributed by atoms with Gasteiger partial charge in [0.15, 0.2) is 22.6 Å². The summed E-state index contributed by atoms with van der Waals surface area (Å²) in [5, 5.41) is 14.5. The first kappa shape index (κ1) is 27.1. The molecule has 2 aromatic carbocycles. The van der Waals surface area contributed by atoms with Crippen LogP contribution < -0.4 is 22.9 Å². The molecule has 0 bridgehead atoms. The van der Waals surface area contributed by atoms with Gasteiger partial charge in [-0.15, -0.1) is 5.10 Å². The number of likely N-dealkylation sites (N-methyl/N-ethyl adjacent to an activating group) is 1. The molecule has 5 aromatic rings. The Morgan fingerprint density at radius 2 is 2.05 bits per heavy atom. The van der Waals surface area contributed by atoms with E-state index in [0.29, 0.717) is 62.3 Å². The number of amides is 1. The highest BCUT2D eigenvalue weighted by molar-refractivity contribution is 6.33. The van der Waals surface area contributed by atoms with Crippen LogP contribution in [0.25, 0.3) is 26.9 Å². The van der Waals surface area contributed by atoms with Crippen molar-refractivity contribution < 1.29 is 21.9 Å². The summed E-state index contributed by atoms with van der Waals surface area (Å²) in [5.41, 5.74) is 7.99. The number of carbonyl (C=O) groups is 1. The molecule has 0 radical (unpaired) electrons. The van der Waals surface area contributed by atoms with Gasteiger partial charge in [0.05, 0.1) is 29.4 Å². The van der Waals surface area contributed by atoms with Crippen LogP contribution in [-0.2, 0) is 6.54 Å². The molecule has 2 N–H and O–H groups in total. The highest BCUT2D eigenvalue weighted by atomic mass is 35.5. The van der Waals surface area contributed by atoms with E-state index >= 15 is 0 Å². The van der Waals surface area contributed by atoms with Crippen LogP contribution in [-0.4, -0.2) is 60.8 Å². The largest absolute Gasteiger partial charge is 1.00 e. The number of nitrogens with two attached hydrogens (primary N) is 1. The van der Waals surface area contributed by atoms with Crippen LogP contribution in [0.2, 0.25) is 10.0 Å². The van der Waals surface area contributed by atoms with Crippen LogP contribution >= 0.6 is 23.2 Å². The second kappa shape index (κ2) is 11.2. The van der Waals surface area contributed by atoms with E-state index in [0.717, 1.165) is 0 Å². The van der Waals surface area contributed by atoms with Crippen LogP contribution in [0, 0.1) is 6.57 Å². The third-order valence-corrected chi connectivity index (χ3v) is 6.10. The van der Waals surface area contributed by atoms with Crippen LogP contribution in [0.1, 0.15) is 5.69 Å². The molecule has 38 heavy (non-hydrogen) atoms. The molecule has 0 saturated heterocycles. The Kier molecular flexibility index (Phi) is 7.99. The first-order valence-corrected chi connectivity index (χ1v) is 11.8. The van der Waals surface area contributed by atoms with Gasteiger partial charge >= 0.3 is 6.03 Å². The van der Waals surface area contributed by atoms with Crippen molar-refractivity contribution in [1.29, 1.82) is 0 Å². The lowest BCUT2D eigenvalue weighted by Crippen LogP contribution is -3.00. The Morgan fingerprint density at radius 1 is 1.24 bits per heavy atom. The van der Waals surface area contributed by atoms with Crippen molar-refractivity contribution in [2.45, 2.75) is 6.54 Å². The fourth-order valence-electron chi connectivity index (χ4n) is 3.85. The van der Waals surface area contributed by atoms with Crippen molar-refractivity contribution in [1.82, 2.24) is 34.7 Å². The highest BCUT2D eigenvalue weighted by Gasteiger charge is 2.21. The normalized spacial score (nSPS) is 10.8. The van der Waals surface area contributed by atoms with Gasteiger partial charge in [0.2, 0.25) is 0 Å². The van der Waals surface area contributed by atoms with Gasteiger partial charge in [-0.1, -0.05) is 28.4 Å². The lowest BCUT2D eigenvalue weighted by atomic mass is 10.2. The molecule has 0 atom stereocenters. The van der Waals surface area contributed by atoms with Crippen molar-refractivity contribution >= 4 is 57.0 Å². The molecule has 3 heterocycles. The van der Waals surface area contributed by atoms with Gasteiger partial charge in [0.25, 0.3) is 0 Å². The molecule has 0 aliphatic heterocycles. The Morgan fingerprint density at radius 3 is 2.82 bits per heavy atom. The van der Waals surface area contributed by atoms with Gasteiger partial charge < -0.3 is 27.8 Å². The lowest BCUT2D eigenvalue weighted by molar-refractivity contribution is -0.0000112. The molecule has 3 aromatic heterocycles. The van der Waals surface area contributed by atoms with E-state index in [4.69, 9.17) is 40.2 Å². The minimum Gasteiger partial charge on any atom is -1.00 e.